The highest BCUT2D eigenvalue weighted by Crippen LogP contribution is 2.20. The fraction of sp³-hybridized carbons (Fsp3) is 0.348. The van der Waals surface area contributed by atoms with E-state index in [1.54, 1.807) is 36.2 Å². The molecule has 2 aromatic rings. The summed E-state index contributed by atoms with van der Waals surface area (Å²) >= 11 is 0. The Hall–Kier alpha value is -3.55. The van der Waals surface area contributed by atoms with Gasteiger partial charge in [-0.2, -0.15) is 0 Å². The van der Waals surface area contributed by atoms with Gasteiger partial charge in [-0.05, 0) is 74.2 Å². The highest BCUT2D eigenvalue weighted by atomic mass is 16.2. The second-order valence-electron chi connectivity index (χ2n) is 7.76. The van der Waals surface area contributed by atoms with E-state index in [2.05, 4.69) is 21.3 Å². The molecule has 0 radical (unpaired) electrons. The van der Waals surface area contributed by atoms with Gasteiger partial charge >= 0.3 is 12.1 Å². The van der Waals surface area contributed by atoms with Crippen LogP contribution in [0.4, 0.5) is 26.7 Å². The number of anilines is 3. The molecule has 0 saturated carbocycles. The van der Waals surface area contributed by atoms with E-state index in [1.807, 2.05) is 32.0 Å². The van der Waals surface area contributed by atoms with E-state index >= 15 is 0 Å². The predicted octanol–water partition coefficient (Wildman–Crippen LogP) is 3.94. The van der Waals surface area contributed by atoms with Crippen LogP contribution in [0.25, 0.3) is 0 Å². The van der Waals surface area contributed by atoms with Gasteiger partial charge in [0.1, 0.15) is 0 Å². The molecule has 0 unspecified atom stereocenters. The number of rotatable bonds is 4. The van der Waals surface area contributed by atoms with Crippen molar-refractivity contribution in [3.63, 3.8) is 0 Å². The molecule has 1 aliphatic rings. The van der Waals surface area contributed by atoms with Crippen LogP contribution in [0.1, 0.15) is 24.0 Å². The van der Waals surface area contributed by atoms with Gasteiger partial charge in [0.25, 0.3) is 0 Å². The first-order chi connectivity index (χ1) is 14.9. The molecule has 1 saturated heterocycles. The Morgan fingerprint density at radius 2 is 1.35 bits per heavy atom. The normalized spacial score (nSPS) is 14.0. The van der Waals surface area contributed by atoms with Crippen LogP contribution in [-0.4, -0.2) is 43.0 Å². The molecule has 164 valence electrons. The predicted molar refractivity (Wildman–Crippen MR) is 122 cm³/mol. The van der Waals surface area contributed by atoms with Crippen molar-refractivity contribution >= 4 is 35.0 Å². The van der Waals surface area contributed by atoms with Gasteiger partial charge in [0.2, 0.25) is 5.91 Å². The monoisotopic (exact) mass is 423 g/mol. The molecule has 8 nitrogen and oxygen atoms in total. The number of aryl methyl sites for hydroxylation is 2. The Balaban J connectivity index is 1.48. The third kappa shape index (κ3) is 5.97. The number of carbonyl (C=O) groups excluding carboxylic acids is 3. The number of piperidine rings is 1. The SMILES string of the molecule is CNC(=O)C1CCN(C(=O)Nc2ccc(NC(=O)Nc3ccc(C)c(C)c3)cc2)CC1. The van der Waals surface area contributed by atoms with Gasteiger partial charge in [0.15, 0.2) is 0 Å². The van der Waals surface area contributed by atoms with Crippen molar-refractivity contribution in [2.75, 3.05) is 36.1 Å². The van der Waals surface area contributed by atoms with Crippen molar-refractivity contribution < 1.29 is 14.4 Å². The molecule has 5 amide bonds. The first kappa shape index (κ1) is 22.1. The minimum Gasteiger partial charge on any atom is -0.359 e. The van der Waals surface area contributed by atoms with Crippen molar-refractivity contribution in [2.24, 2.45) is 5.92 Å². The molecule has 0 bridgehead atoms. The minimum atomic E-state index is -0.334. The molecule has 0 aliphatic carbocycles. The van der Waals surface area contributed by atoms with E-state index in [-0.39, 0.29) is 23.9 Å². The molecule has 31 heavy (non-hydrogen) atoms. The number of urea groups is 2. The lowest BCUT2D eigenvalue weighted by molar-refractivity contribution is -0.125. The zero-order chi connectivity index (χ0) is 22.4. The molecule has 1 fully saturated rings. The van der Waals surface area contributed by atoms with Crippen LogP contribution < -0.4 is 21.3 Å². The van der Waals surface area contributed by atoms with Crippen molar-refractivity contribution in [1.29, 1.82) is 0 Å². The number of likely N-dealkylation sites (tertiary alicyclic amines) is 1. The number of amides is 5. The molecule has 0 atom stereocenters. The minimum absolute atomic E-state index is 0.0321. The molecule has 3 rings (SSSR count). The van der Waals surface area contributed by atoms with Crippen LogP contribution in [0.15, 0.2) is 42.5 Å². The third-order valence-corrected chi connectivity index (χ3v) is 5.56. The van der Waals surface area contributed by atoms with Crippen LogP contribution in [-0.2, 0) is 4.79 Å². The standard InChI is InChI=1S/C23H29N5O3/c1-15-4-5-20(14-16(15)2)26-22(30)25-18-6-8-19(9-7-18)27-23(31)28-12-10-17(11-13-28)21(29)24-3/h4-9,14,17H,10-13H2,1-3H3,(H,24,29)(H,27,31)(H2,25,26,30). The van der Waals surface area contributed by atoms with Crippen LogP contribution >= 0.6 is 0 Å². The summed E-state index contributed by atoms with van der Waals surface area (Å²) in [5.74, 6) is -0.000856. The summed E-state index contributed by atoms with van der Waals surface area (Å²) in [6, 6.07) is 12.2. The van der Waals surface area contributed by atoms with E-state index in [1.165, 1.54) is 5.56 Å². The maximum Gasteiger partial charge on any atom is 0.323 e. The summed E-state index contributed by atoms with van der Waals surface area (Å²) in [4.78, 5) is 38.1. The van der Waals surface area contributed by atoms with E-state index < -0.39 is 0 Å². The number of carbonyl (C=O) groups is 3. The summed E-state index contributed by atoms with van der Waals surface area (Å²) in [5.41, 5.74) is 4.25. The number of hydrogen-bond donors (Lipinski definition) is 4. The molecule has 1 aliphatic heterocycles. The summed E-state index contributed by atoms with van der Waals surface area (Å²) in [6.45, 7) is 5.10. The highest BCUT2D eigenvalue weighted by Gasteiger charge is 2.26. The van der Waals surface area contributed by atoms with Crippen LogP contribution in [0.3, 0.4) is 0 Å². The molecule has 4 N–H and O–H groups in total. The van der Waals surface area contributed by atoms with E-state index in [9.17, 15) is 14.4 Å². The Labute approximate surface area is 182 Å². The lowest BCUT2D eigenvalue weighted by atomic mass is 9.96. The van der Waals surface area contributed by atoms with Crippen LogP contribution in [0, 0.1) is 19.8 Å². The summed E-state index contributed by atoms with van der Waals surface area (Å²) in [6.07, 6.45) is 1.32. The maximum absolute atomic E-state index is 12.5. The van der Waals surface area contributed by atoms with Gasteiger partial charge < -0.3 is 26.2 Å². The van der Waals surface area contributed by atoms with Gasteiger partial charge in [0, 0.05) is 43.1 Å². The average Bonchev–Trinajstić information content (AvgIpc) is 2.77. The Morgan fingerprint density at radius 1 is 0.806 bits per heavy atom. The molecular formula is C23H29N5O3. The molecule has 0 aromatic heterocycles. The average molecular weight is 424 g/mol. The summed E-state index contributed by atoms with van der Waals surface area (Å²) in [5, 5.41) is 11.1. The lowest BCUT2D eigenvalue weighted by Gasteiger charge is -2.31. The summed E-state index contributed by atoms with van der Waals surface area (Å²) < 4.78 is 0. The van der Waals surface area contributed by atoms with Crippen LogP contribution in [0.2, 0.25) is 0 Å². The van der Waals surface area contributed by atoms with Crippen molar-refractivity contribution in [2.45, 2.75) is 26.7 Å². The third-order valence-electron chi connectivity index (χ3n) is 5.56. The van der Waals surface area contributed by atoms with Crippen molar-refractivity contribution in [1.82, 2.24) is 10.2 Å². The Kier molecular flexibility index (Phi) is 7.12. The summed E-state index contributed by atoms with van der Waals surface area (Å²) in [7, 11) is 1.63. The van der Waals surface area contributed by atoms with Gasteiger partial charge in [-0.15, -0.1) is 0 Å². The molecular weight excluding hydrogens is 394 g/mol. The second kappa shape index (κ2) is 9.97. The molecule has 8 heteroatoms. The highest BCUT2D eigenvalue weighted by molar-refractivity contribution is 6.00. The van der Waals surface area contributed by atoms with Crippen molar-refractivity contribution in [3.8, 4) is 0 Å². The first-order valence-electron chi connectivity index (χ1n) is 10.4. The van der Waals surface area contributed by atoms with Crippen molar-refractivity contribution in [3.05, 3.63) is 53.6 Å². The quantitative estimate of drug-likeness (QED) is 0.599. The van der Waals surface area contributed by atoms with Gasteiger partial charge in [0.05, 0.1) is 0 Å². The van der Waals surface area contributed by atoms with Gasteiger partial charge in [-0.1, -0.05) is 6.07 Å². The molecule has 0 spiro atoms. The topological polar surface area (TPSA) is 103 Å². The van der Waals surface area contributed by atoms with Gasteiger partial charge in [-0.3, -0.25) is 4.79 Å². The van der Waals surface area contributed by atoms with Crippen LogP contribution in [0.5, 0.6) is 0 Å². The zero-order valence-corrected chi connectivity index (χ0v) is 18.1. The fourth-order valence-electron chi connectivity index (χ4n) is 3.50. The largest absolute Gasteiger partial charge is 0.359 e. The Morgan fingerprint density at radius 3 is 1.94 bits per heavy atom. The molecule has 2 aromatic carbocycles. The van der Waals surface area contributed by atoms with Gasteiger partial charge in [-0.25, -0.2) is 9.59 Å². The van der Waals surface area contributed by atoms with E-state index in [4.69, 9.17) is 0 Å². The Bertz CT molecular complexity index is 950. The number of nitrogens with zero attached hydrogens (tertiary/aromatic N) is 1. The zero-order valence-electron chi connectivity index (χ0n) is 18.1. The van der Waals surface area contributed by atoms with E-state index in [0.29, 0.717) is 37.3 Å². The smallest absolute Gasteiger partial charge is 0.323 e. The maximum atomic E-state index is 12.5. The number of benzene rings is 2. The first-order valence-corrected chi connectivity index (χ1v) is 10.4. The second-order valence-corrected chi connectivity index (χ2v) is 7.76. The molecule has 1 heterocycles. The number of nitrogens with one attached hydrogen (secondary N) is 4. The van der Waals surface area contributed by atoms with E-state index in [0.717, 1.165) is 11.3 Å². The fourth-order valence-corrected chi connectivity index (χ4v) is 3.50. The lowest BCUT2D eigenvalue weighted by Crippen LogP contribution is -2.44. The number of hydrogen-bond acceptors (Lipinski definition) is 3.